The number of methoxy groups -OCH3 is 7. The van der Waals surface area contributed by atoms with E-state index in [2.05, 4.69) is 110 Å². The maximum atomic E-state index is 13.9. The molecule has 8 amide bonds. The Morgan fingerprint density at radius 2 is 0.882 bits per heavy atom. The molecule has 0 unspecified atom stereocenters. The van der Waals surface area contributed by atoms with Gasteiger partial charge in [0, 0.05) is 96.6 Å². The van der Waals surface area contributed by atoms with E-state index in [4.69, 9.17) is 46.0 Å². The van der Waals surface area contributed by atoms with Crippen molar-refractivity contribution >= 4 is 171 Å². The Hall–Kier alpha value is -9.29. The van der Waals surface area contributed by atoms with Gasteiger partial charge in [0.1, 0.15) is 54.0 Å². The molecule has 0 saturated carbocycles. The number of halogens is 4. The fourth-order valence-electron chi connectivity index (χ4n) is 16.8. The Labute approximate surface area is 859 Å². The molecule has 4 saturated heterocycles. The normalized spacial score (nSPS) is 16.7. The number of imidazole rings is 3. The number of nitrogens with one attached hydrogen (secondary N) is 7. The first-order valence-electron chi connectivity index (χ1n) is 43.6. The number of phenols is 1. The van der Waals surface area contributed by atoms with Gasteiger partial charge in [-0.15, -0.1) is 0 Å². The van der Waals surface area contributed by atoms with Crippen LogP contribution in [0.3, 0.4) is 0 Å². The van der Waals surface area contributed by atoms with Crippen LogP contribution in [0.4, 0.5) is 30.6 Å². The van der Waals surface area contributed by atoms with Crippen molar-refractivity contribution in [1.29, 1.82) is 0 Å². The zero-order chi connectivity index (χ0) is 97.9. The molecule has 4 fully saturated rings. The number of nitro benzene ring substituents is 1. The van der Waals surface area contributed by atoms with E-state index in [9.17, 15) is 53.6 Å². The zero-order valence-electron chi connectivity index (χ0n) is 78.1. The van der Waals surface area contributed by atoms with Crippen LogP contribution in [-0.4, -0.2) is 252 Å². The number of rotatable bonds is 29. The second-order valence-electron chi connectivity index (χ2n) is 33.3. The number of carbonyl (C=O) groups is 8. The summed E-state index contributed by atoms with van der Waals surface area (Å²) in [5, 5.41) is 35.4. The summed E-state index contributed by atoms with van der Waals surface area (Å²) in [7, 11) is 10.2. The van der Waals surface area contributed by atoms with Crippen molar-refractivity contribution in [2.45, 2.75) is 182 Å². The molecule has 5 aliphatic heterocycles. The van der Waals surface area contributed by atoms with Gasteiger partial charge in [-0.1, -0.05) is 165 Å². The van der Waals surface area contributed by atoms with Gasteiger partial charge in [-0.25, -0.2) is 34.1 Å². The average Bonchev–Trinajstić information content (AvgIpc) is 0.820. The second-order valence-corrected chi connectivity index (χ2v) is 45.5. The zero-order valence-corrected chi connectivity index (χ0v) is 90.0. The largest absolute Gasteiger partial charge is 0 e. The van der Waals surface area contributed by atoms with Gasteiger partial charge < -0.3 is 127 Å². The molecule has 0 bridgehead atoms. The van der Waals surface area contributed by atoms with Crippen molar-refractivity contribution in [2.75, 3.05) is 81.7 Å². The van der Waals surface area contributed by atoms with E-state index in [0.717, 1.165) is 60.1 Å². The molecule has 13 rings (SSSR count). The summed E-state index contributed by atoms with van der Waals surface area (Å²) in [4.78, 5) is 155. The summed E-state index contributed by atoms with van der Waals surface area (Å²) in [6.07, 6.45) is 10.5. The molecule has 8 heterocycles. The average molecular weight is 2380 g/mol. The number of nitrogen functional groups attached to an aromatic ring is 1. The molecule has 8 atom stereocenters. The predicted molar refractivity (Wildman–Crippen MR) is 542 cm³/mol. The van der Waals surface area contributed by atoms with E-state index in [1.807, 2.05) is 157 Å². The minimum atomic E-state index is -0.799. The Morgan fingerprint density at radius 1 is 0.537 bits per heavy atom. The van der Waals surface area contributed by atoms with Crippen molar-refractivity contribution in [3.63, 3.8) is 0 Å². The predicted octanol–water partition coefficient (Wildman–Crippen LogP) is 17.4. The van der Waals surface area contributed by atoms with Crippen LogP contribution in [0.2, 0.25) is 5.02 Å². The maximum Gasteiger partial charge on any atom is 0 e. The Morgan fingerprint density at radius 3 is 1.24 bits per heavy atom. The number of nitrogens with two attached hydrogens (primary N) is 1. The van der Waals surface area contributed by atoms with Gasteiger partial charge in [-0.2, -0.15) is 0 Å². The minimum absolute atomic E-state index is 0. The number of anilines is 1. The monoisotopic (exact) mass is 2370 g/mol. The number of carbonyl (C=O) groups excluding carboxylic acids is 8. The number of aliphatic imine (C=N–C) groups is 1. The van der Waals surface area contributed by atoms with Crippen LogP contribution in [-0.2, 0) is 68.4 Å². The molecule has 3 aromatic heterocycles. The van der Waals surface area contributed by atoms with E-state index in [1.54, 1.807) is 62.5 Å². The van der Waals surface area contributed by atoms with Crippen molar-refractivity contribution in [3.05, 3.63) is 170 Å². The van der Waals surface area contributed by atoms with Crippen molar-refractivity contribution in [2.24, 2.45) is 28.7 Å². The first-order valence-corrected chi connectivity index (χ1v) is 54.5. The number of nitrogens with zero attached hydrogens (tertiary/aromatic N) is 9. The third-order valence-electron chi connectivity index (χ3n) is 23.6. The molecular weight excluding hydrogens is 2250 g/mol. The number of allylic oxidation sites excluding steroid dienone is 1. The van der Waals surface area contributed by atoms with Crippen LogP contribution in [0.15, 0.2) is 127 Å². The summed E-state index contributed by atoms with van der Waals surface area (Å²) in [6, 6.07) is 25.1. The molecule has 8 aromatic rings. The van der Waals surface area contributed by atoms with Crippen LogP contribution in [0.25, 0.3) is 61.7 Å². The standard InChI is InChI=1S/C48H55ClN8O9.C40H51N9O7.C4H10O3.CH2I.CH4.2HI.In.V/c1-27(2)40(53-47(60)64-5)45(58)55-22-10-14-37(55)35-21-20-34(51-35)32-24-33(49)39(42(57(62)63)43(32)66-26-29-12-8-7-9-13-29)31-18-16-30(17-19-31)36-25-50-44(52-36)38-15-11-23-56(38)46(59)41(28(3)4)54-48(61)65-6;1-21(2)32(46-39(53)55-5)37(51)48-17-7-9-29(48)35-42-19-27(44-35)24-13-11-23(12-14-24)25-15-16-26(34(50)31(25)41)28-20-43-36(45-28)30-10-8-18-49(30)38(52)33(22(3)4)47-40(54)56-6;1-5-4(6-2)7-3;1-2;;;;;/h7-9,12-13,16-20,24-25,27-28,37-38,40-41H,10-11,14-15,21-23,26H2,1-6H3,(H,50,52)(H,53,60)(H,54,61);11-16,19-22,29-30,32-33,50H,7-10,17-18,41H2,1-6H3,(H,42,44)(H,43,45)(H,46,53)(H,47,54);4H,1-3H3;1H2;1H4;2*1H;;/q;;;-1;;;;;+2/p-2/t37-,38-,40-,41-;29-,30-,32-,33-;;;;;;;/m00......./s1. The number of nitro groups is 1. The fourth-order valence-corrected chi connectivity index (χ4v) is 17.1. The molecule has 3 radical (unpaired) electrons. The number of H-pyrrole nitrogens is 3. The molecule has 5 aliphatic rings. The van der Waals surface area contributed by atoms with Crippen LogP contribution in [0, 0.1) is 38.7 Å². The number of hydrogen-bond acceptors (Lipinski definition) is 24. The summed E-state index contributed by atoms with van der Waals surface area (Å²) in [5.74, 6) is 0.257. The molecular formula is C94H122ClI3InN17O19V-. The number of ether oxygens (including phenoxy) is 8. The van der Waals surface area contributed by atoms with E-state index in [0.29, 0.717) is 124 Å². The summed E-state index contributed by atoms with van der Waals surface area (Å²) < 4.78 is 39.2. The van der Waals surface area contributed by atoms with Gasteiger partial charge in [-0.05, 0) is 115 Å². The molecule has 0 spiro atoms. The molecule has 734 valence electrons. The number of aromatic amines is 3. The number of likely N-dealkylation sites (tertiary alicyclic amines) is 4. The van der Waals surface area contributed by atoms with Gasteiger partial charge in [-0.3, -0.25) is 39.2 Å². The molecule has 10 N–H and O–H groups in total. The molecule has 0 aliphatic carbocycles. The Kier molecular flexibility index (Phi) is 45.9. The smallest absolute Gasteiger partial charge is 0 e. The summed E-state index contributed by atoms with van der Waals surface area (Å²) in [6.45, 7) is 16.5. The summed E-state index contributed by atoms with van der Waals surface area (Å²) >= 11 is 13.7. The molecule has 36 nitrogen and oxygen atoms in total. The number of phenolic OH excluding ortho intramolecular Hbond substituents is 1. The van der Waals surface area contributed by atoms with Crippen molar-refractivity contribution in [3.8, 4) is 67.5 Å². The van der Waals surface area contributed by atoms with Crippen LogP contribution in [0.1, 0.15) is 167 Å². The van der Waals surface area contributed by atoms with Gasteiger partial charge in [0.25, 0.3) is 6.48 Å². The number of hydrogen-bond donors (Lipinski definition) is 9. The van der Waals surface area contributed by atoms with Gasteiger partial charge >= 0.3 is 79.5 Å². The first-order chi connectivity index (χ1) is 64.3. The van der Waals surface area contributed by atoms with E-state index in [1.165, 1.54) is 49.8 Å². The van der Waals surface area contributed by atoms with Gasteiger partial charge in [0.05, 0.1) is 121 Å². The SMILES string of the molecule is C.COC(=O)N[C@H](C(=O)N1CCC[C@H]1C1=NC(c2cc(Cl)c(-c3ccc(-c4cnc([C@@H]5CCCN5C(=O)[C@@H](NC(=O)OC)C(C)C)[nH]4)cc3)c([N+](=O)[O-])c2OCc2ccccc2)=CC1)C(C)C.COC(=O)N[C@H](C(=O)N1CCC[C@H]1c1ncc(-c2ccc(-c3ccc(-c4cnc([C@@H]5CCCN5C(=O)[C@@H](NC(=O)OC)C(C)C)[nH]4)c(O)c3N)cc2)[nH]1)C(C)C.COC(OC)OC.[CH2-]I.[I][V][I].[In]. The number of aromatic hydroxyl groups is 1. The third-order valence-corrected chi connectivity index (χ3v) is 23.9. The fraction of sp³-hybridized carbons (Fsp3) is 0.457. The quantitative estimate of drug-likeness (QED) is 0.00307. The molecule has 5 aromatic carbocycles. The van der Waals surface area contributed by atoms with Crippen LogP contribution >= 0.6 is 74.1 Å². The number of benzene rings is 5. The number of alkyl carbamates (subject to hydrolysis) is 4. The Bertz CT molecular complexity index is 5390. The van der Waals surface area contributed by atoms with E-state index >= 15 is 0 Å². The van der Waals surface area contributed by atoms with Gasteiger partial charge in [0.2, 0.25) is 29.4 Å². The van der Waals surface area contributed by atoms with E-state index < -0.39 is 59.9 Å². The molecule has 136 heavy (non-hydrogen) atoms. The van der Waals surface area contributed by atoms with Crippen LogP contribution < -0.4 is 31.7 Å². The number of amides is 8. The van der Waals surface area contributed by atoms with Crippen molar-refractivity contribution < 1.29 is 95.7 Å². The first kappa shape index (κ1) is 114. The third kappa shape index (κ3) is 28.5. The second kappa shape index (κ2) is 54.9. The maximum absolute atomic E-state index is 13.9. The summed E-state index contributed by atoms with van der Waals surface area (Å²) in [5.41, 5.74) is 14.9. The van der Waals surface area contributed by atoms with E-state index in [-0.39, 0.29) is 145 Å². The minimum Gasteiger partial charge on any atom is 0 e. The number of aromatic nitrogens is 6. The Balaban J connectivity index is 0.000000330. The van der Waals surface area contributed by atoms with Gasteiger partial charge in [0.15, 0.2) is 0 Å². The molecule has 42 heteroatoms. The topological polar surface area (TPSA) is 459 Å². The van der Waals surface area contributed by atoms with Crippen molar-refractivity contribution in [1.82, 2.24) is 70.8 Å². The van der Waals surface area contributed by atoms with Crippen LogP contribution in [0.5, 0.6) is 11.5 Å².